The third-order valence-corrected chi connectivity index (χ3v) is 5.02. The van der Waals surface area contributed by atoms with E-state index in [1.165, 1.54) is 18.1 Å². The van der Waals surface area contributed by atoms with Crippen molar-refractivity contribution in [1.29, 1.82) is 0 Å². The highest BCUT2D eigenvalue weighted by molar-refractivity contribution is 7.13. The Morgan fingerprint density at radius 2 is 2.00 bits per heavy atom. The number of nitrogens with zero attached hydrogens (tertiary/aromatic N) is 3. The smallest absolute Gasteiger partial charge is 0.185 e. The molecule has 1 N–H and O–H groups in total. The molecular formula is C15H28N4S. The van der Waals surface area contributed by atoms with Crippen LogP contribution in [0.5, 0.6) is 0 Å². The predicted octanol–water partition coefficient (Wildman–Crippen LogP) is 2.29. The predicted molar refractivity (Wildman–Crippen MR) is 87.7 cm³/mol. The summed E-state index contributed by atoms with van der Waals surface area (Å²) in [5.74, 6) is 0. The number of anilines is 1. The van der Waals surface area contributed by atoms with E-state index in [9.17, 15) is 0 Å². The third kappa shape index (κ3) is 4.17. The molecule has 2 heterocycles. The Bertz CT molecular complexity index is 377. The van der Waals surface area contributed by atoms with Crippen molar-refractivity contribution in [1.82, 2.24) is 15.2 Å². The van der Waals surface area contributed by atoms with Gasteiger partial charge in [-0.2, -0.15) is 0 Å². The highest BCUT2D eigenvalue weighted by atomic mass is 32.1. The van der Waals surface area contributed by atoms with Crippen LogP contribution in [0.2, 0.25) is 0 Å². The lowest BCUT2D eigenvalue weighted by atomic mass is 9.85. The largest absolute Gasteiger partial charge is 0.346 e. The van der Waals surface area contributed by atoms with E-state index in [2.05, 4.69) is 53.3 Å². The van der Waals surface area contributed by atoms with Gasteiger partial charge in [-0.15, -0.1) is 11.3 Å². The molecule has 1 aromatic rings. The summed E-state index contributed by atoms with van der Waals surface area (Å²) in [7, 11) is 2.08. The first-order valence-corrected chi connectivity index (χ1v) is 8.42. The van der Waals surface area contributed by atoms with Gasteiger partial charge in [-0.25, -0.2) is 4.98 Å². The summed E-state index contributed by atoms with van der Waals surface area (Å²) >= 11 is 1.74. The highest BCUT2D eigenvalue weighted by Crippen LogP contribution is 2.23. The van der Waals surface area contributed by atoms with Crippen molar-refractivity contribution in [3.05, 3.63) is 11.6 Å². The number of rotatable bonds is 5. The minimum atomic E-state index is 0.331. The summed E-state index contributed by atoms with van der Waals surface area (Å²) < 4.78 is 0. The van der Waals surface area contributed by atoms with Crippen LogP contribution < -0.4 is 10.2 Å². The summed E-state index contributed by atoms with van der Waals surface area (Å²) in [6, 6.07) is 0.583. The molecule has 2 rings (SSSR count). The maximum absolute atomic E-state index is 4.40. The zero-order valence-corrected chi connectivity index (χ0v) is 14.0. The Balaban J connectivity index is 1.74. The Kier molecular flexibility index (Phi) is 5.41. The van der Waals surface area contributed by atoms with E-state index in [1.54, 1.807) is 11.3 Å². The number of hydrogen-bond acceptors (Lipinski definition) is 5. The maximum atomic E-state index is 4.40. The van der Waals surface area contributed by atoms with Gasteiger partial charge >= 0.3 is 0 Å². The molecule has 1 saturated heterocycles. The zero-order chi connectivity index (χ0) is 14.6. The van der Waals surface area contributed by atoms with Crippen LogP contribution in [0.1, 0.15) is 27.2 Å². The van der Waals surface area contributed by atoms with Crippen LogP contribution in [0.15, 0.2) is 11.6 Å². The highest BCUT2D eigenvalue weighted by Gasteiger charge is 2.24. The number of thiazole rings is 1. The fraction of sp³-hybridized carbons (Fsp3) is 0.800. The molecule has 1 aliphatic rings. The molecule has 20 heavy (non-hydrogen) atoms. The van der Waals surface area contributed by atoms with E-state index >= 15 is 0 Å². The summed E-state index contributed by atoms with van der Waals surface area (Å²) in [5.41, 5.74) is 0.331. The van der Waals surface area contributed by atoms with Crippen molar-refractivity contribution in [3.63, 3.8) is 0 Å². The van der Waals surface area contributed by atoms with E-state index in [-0.39, 0.29) is 0 Å². The molecular weight excluding hydrogens is 268 g/mol. The molecule has 114 valence electrons. The van der Waals surface area contributed by atoms with E-state index in [4.69, 9.17) is 0 Å². The fourth-order valence-electron chi connectivity index (χ4n) is 2.86. The Hall–Kier alpha value is -0.650. The Morgan fingerprint density at radius 1 is 1.30 bits per heavy atom. The summed E-state index contributed by atoms with van der Waals surface area (Å²) in [5, 5.41) is 6.70. The van der Waals surface area contributed by atoms with Gasteiger partial charge in [-0.1, -0.05) is 20.8 Å². The van der Waals surface area contributed by atoms with Crippen LogP contribution in [0.3, 0.4) is 0 Å². The van der Waals surface area contributed by atoms with Crippen molar-refractivity contribution in [2.75, 3.05) is 44.7 Å². The van der Waals surface area contributed by atoms with Gasteiger partial charge in [0.15, 0.2) is 5.13 Å². The molecule has 4 nitrogen and oxygen atoms in total. The van der Waals surface area contributed by atoms with Crippen LogP contribution in [0.4, 0.5) is 5.13 Å². The van der Waals surface area contributed by atoms with E-state index < -0.39 is 0 Å². The Labute approximate surface area is 127 Å². The van der Waals surface area contributed by atoms with Crippen LogP contribution in [0.25, 0.3) is 0 Å². The molecule has 5 heteroatoms. The quantitative estimate of drug-likeness (QED) is 0.903. The molecule has 0 saturated carbocycles. The van der Waals surface area contributed by atoms with Gasteiger partial charge in [0.2, 0.25) is 0 Å². The molecule has 0 aliphatic carbocycles. The molecule has 1 aromatic heterocycles. The third-order valence-electron chi connectivity index (χ3n) is 4.19. The van der Waals surface area contributed by atoms with Gasteiger partial charge in [-0.3, -0.25) is 4.90 Å². The first kappa shape index (κ1) is 15.7. The van der Waals surface area contributed by atoms with Gasteiger partial charge in [0, 0.05) is 43.8 Å². The first-order chi connectivity index (χ1) is 9.50. The average Bonchev–Trinajstić information content (AvgIpc) is 2.92. The maximum Gasteiger partial charge on any atom is 0.185 e. The minimum Gasteiger partial charge on any atom is -0.346 e. The van der Waals surface area contributed by atoms with Gasteiger partial charge in [-0.05, 0) is 25.4 Å². The first-order valence-electron chi connectivity index (χ1n) is 7.55. The number of aromatic nitrogens is 1. The Morgan fingerprint density at radius 3 is 2.50 bits per heavy atom. The second-order valence-electron chi connectivity index (χ2n) is 6.64. The molecule has 1 unspecified atom stereocenters. The molecule has 1 aliphatic heterocycles. The van der Waals surface area contributed by atoms with Gasteiger partial charge in [0.05, 0.1) is 0 Å². The fourth-order valence-corrected chi connectivity index (χ4v) is 3.55. The van der Waals surface area contributed by atoms with Crippen molar-refractivity contribution in [2.45, 2.75) is 33.2 Å². The van der Waals surface area contributed by atoms with Crippen molar-refractivity contribution in [2.24, 2.45) is 5.41 Å². The topological polar surface area (TPSA) is 31.4 Å². The lowest BCUT2D eigenvalue weighted by molar-refractivity contribution is 0.203. The van der Waals surface area contributed by atoms with E-state index in [0.717, 1.165) is 26.2 Å². The van der Waals surface area contributed by atoms with Gasteiger partial charge in [0.1, 0.15) is 0 Å². The van der Waals surface area contributed by atoms with Crippen LogP contribution in [-0.4, -0.2) is 55.7 Å². The number of nitrogens with one attached hydrogen (secondary N) is 1. The zero-order valence-electron chi connectivity index (χ0n) is 13.2. The molecule has 0 aromatic carbocycles. The normalized spacial score (nSPS) is 19.3. The number of piperazine rings is 1. The van der Waals surface area contributed by atoms with E-state index in [1.807, 2.05) is 6.20 Å². The van der Waals surface area contributed by atoms with Gasteiger partial charge in [0.25, 0.3) is 0 Å². The summed E-state index contributed by atoms with van der Waals surface area (Å²) in [6.45, 7) is 12.6. The molecule has 0 spiro atoms. The lowest BCUT2D eigenvalue weighted by Gasteiger charge is -2.37. The lowest BCUT2D eigenvalue weighted by Crippen LogP contribution is -2.48. The van der Waals surface area contributed by atoms with E-state index in [0.29, 0.717) is 11.5 Å². The molecule has 1 fully saturated rings. The van der Waals surface area contributed by atoms with Crippen molar-refractivity contribution in [3.8, 4) is 0 Å². The minimum absolute atomic E-state index is 0.331. The van der Waals surface area contributed by atoms with Crippen LogP contribution in [0, 0.1) is 5.41 Å². The number of hydrogen-bond donors (Lipinski definition) is 1. The van der Waals surface area contributed by atoms with Crippen molar-refractivity contribution < 1.29 is 0 Å². The summed E-state index contributed by atoms with van der Waals surface area (Å²) in [4.78, 5) is 9.39. The monoisotopic (exact) mass is 296 g/mol. The second-order valence-corrected chi connectivity index (χ2v) is 7.51. The van der Waals surface area contributed by atoms with Crippen molar-refractivity contribution >= 4 is 16.5 Å². The second kappa shape index (κ2) is 6.87. The van der Waals surface area contributed by atoms with Crippen LogP contribution in [-0.2, 0) is 0 Å². The molecule has 0 radical (unpaired) electrons. The average molecular weight is 296 g/mol. The molecule has 0 bridgehead atoms. The SMILES string of the molecule is CNC(CCN1CCN(c2nccs2)CC1)C(C)(C)C. The van der Waals surface area contributed by atoms with Gasteiger partial charge < -0.3 is 10.2 Å². The molecule has 0 amide bonds. The van der Waals surface area contributed by atoms with Crippen LogP contribution >= 0.6 is 11.3 Å². The molecule has 1 atom stereocenters. The summed E-state index contributed by atoms with van der Waals surface area (Å²) in [6.07, 6.45) is 3.12. The standard InChI is InChI=1S/C15H28N4S/c1-15(2,3)13(16-4)5-7-18-8-10-19(11-9-18)14-17-6-12-20-14/h6,12-13,16H,5,7-11H2,1-4H3.